The second kappa shape index (κ2) is 6.07. The van der Waals surface area contributed by atoms with Crippen molar-refractivity contribution in [1.29, 1.82) is 0 Å². The van der Waals surface area contributed by atoms with Gasteiger partial charge in [-0.25, -0.2) is 0 Å². The molecule has 0 amide bonds. The topological polar surface area (TPSA) is 38.7 Å². The molecule has 104 valence electrons. The number of aliphatic hydroxyl groups excluding tert-OH is 1. The van der Waals surface area contributed by atoms with E-state index in [4.69, 9.17) is 9.47 Å². The van der Waals surface area contributed by atoms with Crippen molar-refractivity contribution >= 4 is 0 Å². The Kier molecular flexibility index (Phi) is 4.68. The molecule has 1 aliphatic heterocycles. The van der Waals surface area contributed by atoms with Crippen LogP contribution >= 0.6 is 0 Å². The monoisotopic (exact) mass is 254 g/mol. The van der Waals surface area contributed by atoms with E-state index < -0.39 is 11.7 Å². The van der Waals surface area contributed by atoms with E-state index in [1.165, 1.54) is 0 Å². The smallest absolute Gasteiger partial charge is 0.139 e. The minimum absolute atomic E-state index is 0.412. The lowest BCUT2D eigenvalue weighted by molar-refractivity contribution is -0.145. The highest BCUT2D eigenvalue weighted by molar-refractivity contribution is 5.11. The minimum atomic E-state index is -0.592. The van der Waals surface area contributed by atoms with Crippen LogP contribution in [0.3, 0.4) is 0 Å². The summed E-state index contributed by atoms with van der Waals surface area (Å²) in [5.74, 6) is 1.48. The lowest BCUT2D eigenvalue weighted by Crippen LogP contribution is -2.49. The van der Waals surface area contributed by atoms with Gasteiger partial charge in [-0.3, -0.25) is 0 Å². The number of allylic oxidation sites excluding steroid dienone is 1. The first-order valence-corrected chi connectivity index (χ1v) is 7.33. The molecule has 2 rings (SSSR count). The van der Waals surface area contributed by atoms with E-state index >= 15 is 0 Å². The van der Waals surface area contributed by atoms with Gasteiger partial charge in [0.1, 0.15) is 17.5 Å². The fraction of sp³-hybridized carbons (Fsp3) is 0.867. The summed E-state index contributed by atoms with van der Waals surface area (Å²) in [4.78, 5) is 0. The predicted octanol–water partition coefficient (Wildman–Crippen LogP) is 3.03. The average Bonchev–Trinajstić information content (AvgIpc) is 2.42. The zero-order valence-corrected chi connectivity index (χ0v) is 11.7. The van der Waals surface area contributed by atoms with Crippen molar-refractivity contribution in [3.05, 3.63) is 11.8 Å². The van der Waals surface area contributed by atoms with E-state index in [2.05, 4.69) is 6.92 Å². The minimum Gasteiger partial charge on any atom is -0.495 e. The normalized spacial score (nSPS) is 34.6. The van der Waals surface area contributed by atoms with Crippen LogP contribution in [0.5, 0.6) is 0 Å². The van der Waals surface area contributed by atoms with Gasteiger partial charge in [-0.2, -0.15) is 0 Å². The molecule has 0 bridgehead atoms. The Hall–Kier alpha value is -0.540. The van der Waals surface area contributed by atoms with Crippen LogP contribution in [-0.2, 0) is 9.47 Å². The fourth-order valence-electron chi connectivity index (χ4n) is 3.06. The van der Waals surface area contributed by atoms with Crippen molar-refractivity contribution in [3.63, 3.8) is 0 Å². The van der Waals surface area contributed by atoms with Gasteiger partial charge in [0.05, 0.1) is 6.61 Å². The summed E-state index contributed by atoms with van der Waals surface area (Å²) in [5.41, 5.74) is -0.412. The summed E-state index contributed by atoms with van der Waals surface area (Å²) in [6.07, 6.45) is 7.63. The molecule has 1 heterocycles. The first-order chi connectivity index (χ1) is 8.68. The molecular weight excluding hydrogens is 228 g/mol. The third-order valence-electron chi connectivity index (χ3n) is 4.28. The first-order valence-electron chi connectivity index (χ1n) is 7.33. The van der Waals surface area contributed by atoms with Crippen LogP contribution < -0.4 is 0 Å². The molecule has 0 aromatic heterocycles. The van der Waals surface area contributed by atoms with Gasteiger partial charge in [0.2, 0.25) is 0 Å². The van der Waals surface area contributed by atoms with E-state index in [1.807, 2.05) is 13.0 Å². The van der Waals surface area contributed by atoms with Crippen molar-refractivity contribution in [3.8, 4) is 0 Å². The van der Waals surface area contributed by atoms with Gasteiger partial charge in [0.25, 0.3) is 0 Å². The van der Waals surface area contributed by atoms with E-state index in [0.29, 0.717) is 6.61 Å². The SMILES string of the molecule is CCOC1(C(O)C2=CCCCO2)CCC(C)CC1. The molecule has 0 spiro atoms. The van der Waals surface area contributed by atoms with Crippen molar-refractivity contribution in [2.75, 3.05) is 13.2 Å². The molecule has 1 aliphatic carbocycles. The zero-order valence-electron chi connectivity index (χ0n) is 11.7. The summed E-state index contributed by atoms with van der Waals surface area (Å²) in [6.45, 7) is 5.65. The molecule has 18 heavy (non-hydrogen) atoms. The van der Waals surface area contributed by atoms with Gasteiger partial charge in [-0.15, -0.1) is 0 Å². The van der Waals surface area contributed by atoms with Crippen LogP contribution in [0.2, 0.25) is 0 Å². The van der Waals surface area contributed by atoms with Gasteiger partial charge in [-0.05, 0) is 57.4 Å². The molecule has 3 nitrogen and oxygen atoms in total. The molecular formula is C15H26O3. The van der Waals surface area contributed by atoms with Crippen molar-refractivity contribution < 1.29 is 14.6 Å². The highest BCUT2D eigenvalue weighted by Crippen LogP contribution is 2.40. The van der Waals surface area contributed by atoms with Crippen LogP contribution in [0.15, 0.2) is 11.8 Å². The number of hydrogen-bond donors (Lipinski definition) is 1. The average molecular weight is 254 g/mol. The van der Waals surface area contributed by atoms with Crippen molar-refractivity contribution in [2.45, 2.75) is 64.1 Å². The van der Waals surface area contributed by atoms with Gasteiger partial charge in [0.15, 0.2) is 0 Å². The maximum atomic E-state index is 10.6. The van der Waals surface area contributed by atoms with Crippen LogP contribution in [0.1, 0.15) is 52.4 Å². The molecule has 1 fully saturated rings. The van der Waals surface area contributed by atoms with Crippen LogP contribution in [0.4, 0.5) is 0 Å². The highest BCUT2D eigenvalue weighted by atomic mass is 16.5. The van der Waals surface area contributed by atoms with Gasteiger partial charge < -0.3 is 14.6 Å². The fourth-order valence-corrected chi connectivity index (χ4v) is 3.06. The van der Waals surface area contributed by atoms with Gasteiger partial charge >= 0.3 is 0 Å². The zero-order chi connectivity index (χ0) is 13.0. The Balaban J connectivity index is 2.10. The second-order valence-corrected chi connectivity index (χ2v) is 5.68. The molecule has 1 N–H and O–H groups in total. The first kappa shape index (κ1) is 13.9. The number of ether oxygens (including phenoxy) is 2. The number of rotatable bonds is 4. The second-order valence-electron chi connectivity index (χ2n) is 5.68. The molecule has 0 saturated heterocycles. The molecule has 0 aromatic carbocycles. The van der Waals surface area contributed by atoms with E-state index in [0.717, 1.165) is 56.8 Å². The summed E-state index contributed by atoms with van der Waals surface area (Å²) < 4.78 is 11.6. The Morgan fingerprint density at radius 1 is 1.50 bits per heavy atom. The Morgan fingerprint density at radius 3 is 2.78 bits per heavy atom. The van der Waals surface area contributed by atoms with Crippen molar-refractivity contribution in [2.24, 2.45) is 5.92 Å². The Bertz CT molecular complexity index is 290. The largest absolute Gasteiger partial charge is 0.495 e. The van der Waals surface area contributed by atoms with Crippen molar-refractivity contribution in [1.82, 2.24) is 0 Å². The van der Waals surface area contributed by atoms with Crippen LogP contribution in [0, 0.1) is 5.92 Å². The standard InChI is InChI=1S/C15H26O3/c1-3-18-15(9-7-12(2)8-10-15)14(16)13-6-4-5-11-17-13/h6,12,14,16H,3-5,7-11H2,1-2H3. The molecule has 3 heteroatoms. The molecule has 0 radical (unpaired) electrons. The lowest BCUT2D eigenvalue weighted by Gasteiger charge is -2.43. The van der Waals surface area contributed by atoms with Crippen LogP contribution in [0.25, 0.3) is 0 Å². The lowest BCUT2D eigenvalue weighted by atomic mass is 9.75. The van der Waals surface area contributed by atoms with Crippen LogP contribution in [-0.4, -0.2) is 30.0 Å². The Labute approximate surface area is 110 Å². The number of aliphatic hydroxyl groups is 1. The summed E-state index contributed by atoms with van der Waals surface area (Å²) in [5, 5.41) is 10.6. The van der Waals surface area contributed by atoms with E-state index in [9.17, 15) is 5.11 Å². The maximum Gasteiger partial charge on any atom is 0.139 e. The van der Waals surface area contributed by atoms with Gasteiger partial charge in [-0.1, -0.05) is 6.92 Å². The maximum absolute atomic E-state index is 10.6. The summed E-state index contributed by atoms with van der Waals surface area (Å²) >= 11 is 0. The third kappa shape index (κ3) is 2.89. The summed E-state index contributed by atoms with van der Waals surface area (Å²) in [7, 11) is 0. The molecule has 1 unspecified atom stereocenters. The molecule has 0 aromatic rings. The van der Waals surface area contributed by atoms with E-state index in [-0.39, 0.29) is 0 Å². The quantitative estimate of drug-likeness (QED) is 0.838. The Morgan fingerprint density at radius 2 is 2.22 bits per heavy atom. The molecule has 1 atom stereocenters. The number of hydrogen-bond acceptors (Lipinski definition) is 3. The highest BCUT2D eigenvalue weighted by Gasteiger charge is 2.44. The van der Waals surface area contributed by atoms with E-state index in [1.54, 1.807) is 0 Å². The summed E-state index contributed by atoms with van der Waals surface area (Å²) in [6, 6.07) is 0. The molecule has 1 saturated carbocycles. The van der Waals surface area contributed by atoms with Gasteiger partial charge in [0, 0.05) is 6.61 Å². The molecule has 2 aliphatic rings. The third-order valence-corrected chi connectivity index (χ3v) is 4.28. The predicted molar refractivity (Wildman–Crippen MR) is 71.3 cm³/mol.